The van der Waals surface area contributed by atoms with Gasteiger partial charge in [0.25, 0.3) is 0 Å². The van der Waals surface area contributed by atoms with Gasteiger partial charge in [0.15, 0.2) is 0 Å². The lowest BCUT2D eigenvalue weighted by Crippen LogP contribution is -2.47. The average Bonchev–Trinajstić information content (AvgIpc) is 1.98. The molecule has 0 bridgehead atoms. The van der Waals surface area contributed by atoms with Gasteiger partial charge >= 0.3 is 0 Å². The van der Waals surface area contributed by atoms with Crippen molar-refractivity contribution in [3.63, 3.8) is 0 Å². The van der Waals surface area contributed by atoms with Gasteiger partial charge in [0, 0.05) is 5.97 Å². The van der Waals surface area contributed by atoms with Crippen LogP contribution in [0.25, 0.3) is 0 Å². The Balaban J connectivity index is 2.91. The Bertz CT molecular complexity index is 223. The Morgan fingerprint density at radius 1 is 1.14 bits per heavy atom. The second kappa shape index (κ2) is 3.25. The smallest absolute Gasteiger partial charge is 0.0445 e. The summed E-state index contributed by atoms with van der Waals surface area (Å²) in [6.07, 6.45) is 1.50. The van der Waals surface area contributed by atoms with Crippen molar-refractivity contribution in [1.82, 2.24) is 0 Å². The normalized spacial score (nSPS) is 35.2. The Kier molecular flexibility index (Phi) is 2.68. The summed E-state index contributed by atoms with van der Waals surface area (Å²) < 4.78 is 0. The lowest BCUT2D eigenvalue weighted by atomic mass is 9.55. The second-order valence-electron chi connectivity index (χ2n) is 6.12. The number of rotatable bonds is 1. The summed E-state index contributed by atoms with van der Waals surface area (Å²) in [4.78, 5) is 10.9. The van der Waals surface area contributed by atoms with Crippen molar-refractivity contribution < 1.29 is 9.90 Å². The largest absolute Gasteiger partial charge is 0.550 e. The quantitative estimate of drug-likeness (QED) is 0.643. The third kappa shape index (κ3) is 1.94. The fraction of sp³-hybridized carbons (Fsp3) is 0.917. The maximum atomic E-state index is 10.9. The fourth-order valence-electron chi connectivity index (χ4n) is 2.92. The van der Waals surface area contributed by atoms with E-state index >= 15 is 0 Å². The van der Waals surface area contributed by atoms with Crippen LogP contribution in [0, 0.1) is 22.7 Å². The van der Waals surface area contributed by atoms with Crippen molar-refractivity contribution in [3.8, 4) is 0 Å². The van der Waals surface area contributed by atoms with Crippen LogP contribution in [0.4, 0.5) is 0 Å². The SMILES string of the molecule is CC1C(C)(C)CC(C(=O)[O-])CC1(C)C. The summed E-state index contributed by atoms with van der Waals surface area (Å²) in [7, 11) is 0. The van der Waals surface area contributed by atoms with Crippen molar-refractivity contribution in [2.24, 2.45) is 22.7 Å². The molecule has 0 aromatic carbocycles. The third-order valence-electron chi connectivity index (χ3n) is 4.22. The number of carbonyl (C=O) groups excluding carboxylic acids is 1. The molecule has 0 unspecified atom stereocenters. The molecule has 0 aliphatic heterocycles. The highest BCUT2D eigenvalue weighted by Gasteiger charge is 2.44. The second-order valence-corrected chi connectivity index (χ2v) is 6.12. The molecule has 0 aromatic rings. The molecule has 0 radical (unpaired) electrons. The monoisotopic (exact) mass is 197 g/mol. The number of hydrogen-bond donors (Lipinski definition) is 0. The lowest BCUT2D eigenvalue weighted by molar-refractivity contribution is -0.315. The molecule has 0 atom stereocenters. The molecule has 0 N–H and O–H groups in total. The summed E-state index contributed by atoms with van der Waals surface area (Å²) in [6.45, 7) is 10.9. The van der Waals surface area contributed by atoms with Gasteiger partial charge in [0.1, 0.15) is 0 Å². The minimum atomic E-state index is -0.877. The highest BCUT2D eigenvalue weighted by atomic mass is 16.4. The zero-order valence-corrected chi connectivity index (χ0v) is 9.89. The van der Waals surface area contributed by atoms with Gasteiger partial charge in [-0.25, -0.2) is 0 Å². The van der Waals surface area contributed by atoms with Crippen LogP contribution in [0.15, 0.2) is 0 Å². The van der Waals surface area contributed by atoms with Crippen LogP contribution in [0.1, 0.15) is 47.5 Å². The molecule has 1 aliphatic rings. The summed E-state index contributed by atoms with van der Waals surface area (Å²) in [5, 5.41) is 10.9. The van der Waals surface area contributed by atoms with Gasteiger partial charge < -0.3 is 9.90 Å². The lowest BCUT2D eigenvalue weighted by Gasteiger charge is -2.51. The van der Waals surface area contributed by atoms with Crippen LogP contribution in [0.3, 0.4) is 0 Å². The van der Waals surface area contributed by atoms with E-state index in [4.69, 9.17) is 0 Å². The molecule has 1 rings (SSSR count). The van der Waals surface area contributed by atoms with Crippen LogP contribution >= 0.6 is 0 Å². The maximum Gasteiger partial charge on any atom is 0.0445 e. The van der Waals surface area contributed by atoms with Crippen molar-refractivity contribution in [2.45, 2.75) is 47.5 Å². The molecule has 14 heavy (non-hydrogen) atoms. The Labute approximate surface area is 86.7 Å². The summed E-state index contributed by atoms with van der Waals surface area (Å²) >= 11 is 0. The molecular formula is C12H21O2-. The molecule has 1 fully saturated rings. The predicted molar refractivity (Wildman–Crippen MR) is 54.5 cm³/mol. The number of aliphatic carboxylic acids is 1. The summed E-state index contributed by atoms with van der Waals surface area (Å²) in [5.74, 6) is -0.597. The first kappa shape index (κ1) is 11.5. The van der Waals surface area contributed by atoms with Crippen LogP contribution < -0.4 is 5.11 Å². The third-order valence-corrected chi connectivity index (χ3v) is 4.22. The Morgan fingerprint density at radius 3 is 1.79 bits per heavy atom. The minimum Gasteiger partial charge on any atom is -0.550 e. The van der Waals surface area contributed by atoms with E-state index in [2.05, 4.69) is 34.6 Å². The molecule has 0 amide bonds. The minimum absolute atomic E-state index is 0.104. The fourth-order valence-corrected chi connectivity index (χ4v) is 2.92. The van der Waals surface area contributed by atoms with Gasteiger partial charge in [-0.1, -0.05) is 34.6 Å². The molecule has 0 heterocycles. The highest BCUT2D eigenvalue weighted by Crippen LogP contribution is 2.52. The highest BCUT2D eigenvalue weighted by molar-refractivity contribution is 5.68. The molecule has 0 aromatic heterocycles. The Hall–Kier alpha value is -0.530. The molecule has 2 nitrogen and oxygen atoms in total. The number of carboxylic acid groups (broad SMARTS) is 1. The predicted octanol–water partition coefficient (Wildman–Crippen LogP) is 1.83. The molecule has 0 spiro atoms. The van der Waals surface area contributed by atoms with E-state index < -0.39 is 5.97 Å². The Morgan fingerprint density at radius 2 is 1.50 bits per heavy atom. The molecule has 0 saturated heterocycles. The number of carboxylic acids is 1. The van der Waals surface area contributed by atoms with Gasteiger partial charge in [-0.15, -0.1) is 0 Å². The van der Waals surface area contributed by atoms with Gasteiger partial charge in [-0.3, -0.25) is 0 Å². The van der Waals surface area contributed by atoms with Gasteiger partial charge in [0.2, 0.25) is 0 Å². The van der Waals surface area contributed by atoms with Crippen molar-refractivity contribution in [2.75, 3.05) is 0 Å². The number of carbonyl (C=O) groups is 1. The van der Waals surface area contributed by atoms with E-state index in [9.17, 15) is 9.90 Å². The van der Waals surface area contributed by atoms with E-state index in [1.54, 1.807) is 0 Å². The number of hydrogen-bond acceptors (Lipinski definition) is 2. The zero-order valence-electron chi connectivity index (χ0n) is 9.89. The van der Waals surface area contributed by atoms with E-state index in [0.29, 0.717) is 5.92 Å². The van der Waals surface area contributed by atoms with Crippen molar-refractivity contribution in [3.05, 3.63) is 0 Å². The van der Waals surface area contributed by atoms with Gasteiger partial charge in [0.05, 0.1) is 0 Å². The standard InChI is InChI=1S/C12H22O2/c1-8-11(2,3)6-9(10(13)14)7-12(8,4)5/h8-9H,6-7H2,1-5H3,(H,13,14)/p-1. The van der Waals surface area contributed by atoms with E-state index in [0.717, 1.165) is 12.8 Å². The molecule has 2 heteroatoms. The van der Waals surface area contributed by atoms with Crippen LogP contribution in [-0.4, -0.2) is 5.97 Å². The maximum absolute atomic E-state index is 10.9. The van der Waals surface area contributed by atoms with Crippen molar-refractivity contribution >= 4 is 5.97 Å². The molecular weight excluding hydrogens is 176 g/mol. The van der Waals surface area contributed by atoms with Crippen LogP contribution in [0.5, 0.6) is 0 Å². The first-order chi connectivity index (χ1) is 6.17. The molecule has 82 valence electrons. The van der Waals surface area contributed by atoms with E-state index in [1.165, 1.54) is 0 Å². The first-order valence-corrected chi connectivity index (χ1v) is 5.38. The first-order valence-electron chi connectivity index (χ1n) is 5.38. The summed E-state index contributed by atoms with van der Waals surface area (Å²) in [5.41, 5.74) is 0.207. The van der Waals surface area contributed by atoms with Gasteiger partial charge in [-0.05, 0) is 35.5 Å². The van der Waals surface area contributed by atoms with Crippen LogP contribution in [-0.2, 0) is 4.79 Å². The zero-order chi connectivity index (χ0) is 11.1. The average molecular weight is 197 g/mol. The van der Waals surface area contributed by atoms with Crippen LogP contribution in [0.2, 0.25) is 0 Å². The molecule has 1 aliphatic carbocycles. The van der Waals surface area contributed by atoms with Gasteiger partial charge in [-0.2, -0.15) is 0 Å². The van der Waals surface area contributed by atoms with E-state index in [1.807, 2.05) is 0 Å². The molecule has 1 saturated carbocycles. The van der Waals surface area contributed by atoms with E-state index in [-0.39, 0.29) is 16.7 Å². The van der Waals surface area contributed by atoms with Crippen molar-refractivity contribution in [1.29, 1.82) is 0 Å². The summed E-state index contributed by atoms with van der Waals surface area (Å²) in [6, 6.07) is 0. The topological polar surface area (TPSA) is 40.1 Å².